The molecular formula is C11H16BrN3O. The van der Waals surface area contributed by atoms with E-state index in [0.29, 0.717) is 12.5 Å². The van der Waals surface area contributed by atoms with Crippen LogP contribution in [0.3, 0.4) is 0 Å². The number of nitrogens with zero attached hydrogens (tertiary/aromatic N) is 2. The average molecular weight is 286 g/mol. The lowest BCUT2D eigenvalue weighted by Crippen LogP contribution is -2.29. The van der Waals surface area contributed by atoms with Crippen LogP contribution in [0.4, 0.5) is 5.82 Å². The minimum absolute atomic E-state index is 0.473. The highest BCUT2D eigenvalue weighted by molar-refractivity contribution is 9.10. The van der Waals surface area contributed by atoms with Gasteiger partial charge in [0, 0.05) is 18.5 Å². The van der Waals surface area contributed by atoms with Crippen LogP contribution in [0.5, 0.6) is 0 Å². The fraction of sp³-hybridized carbons (Fsp3) is 0.636. The number of hydrogen-bond donors (Lipinski definition) is 2. The number of rotatable bonds is 4. The number of halogens is 1. The number of aliphatic hydroxyl groups is 1. The molecule has 1 heterocycles. The second-order valence-corrected chi connectivity index (χ2v) is 5.69. The molecule has 1 aliphatic rings. The molecule has 0 aromatic carbocycles. The van der Waals surface area contributed by atoms with E-state index >= 15 is 0 Å². The summed E-state index contributed by atoms with van der Waals surface area (Å²) in [6.45, 7) is 4.00. The van der Waals surface area contributed by atoms with Gasteiger partial charge in [0.25, 0.3) is 0 Å². The van der Waals surface area contributed by atoms with E-state index in [-0.39, 0.29) is 0 Å². The molecule has 5 heteroatoms. The van der Waals surface area contributed by atoms with Gasteiger partial charge >= 0.3 is 0 Å². The Morgan fingerprint density at radius 2 is 2.19 bits per heavy atom. The SMILES string of the molecule is CC(C)(O)CNc1cc(Br)nc(C2CC2)n1. The lowest BCUT2D eigenvalue weighted by molar-refractivity contribution is 0.0944. The summed E-state index contributed by atoms with van der Waals surface area (Å²) >= 11 is 3.38. The summed E-state index contributed by atoms with van der Waals surface area (Å²) in [4.78, 5) is 8.78. The third kappa shape index (κ3) is 3.42. The Hall–Kier alpha value is -0.680. The highest BCUT2D eigenvalue weighted by Crippen LogP contribution is 2.38. The van der Waals surface area contributed by atoms with Gasteiger partial charge in [-0.15, -0.1) is 0 Å². The van der Waals surface area contributed by atoms with E-state index in [2.05, 4.69) is 31.2 Å². The summed E-state index contributed by atoms with van der Waals surface area (Å²) in [5, 5.41) is 12.7. The molecule has 0 spiro atoms. The first-order chi connectivity index (χ1) is 7.44. The van der Waals surface area contributed by atoms with Crippen LogP contribution in [0, 0.1) is 0 Å². The molecule has 0 atom stereocenters. The van der Waals surface area contributed by atoms with Gasteiger partial charge in [-0.1, -0.05) is 0 Å². The molecule has 1 fully saturated rings. The van der Waals surface area contributed by atoms with E-state index < -0.39 is 5.60 Å². The van der Waals surface area contributed by atoms with Crippen molar-refractivity contribution >= 4 is 21.7 Å². The van der Waals surface area contributed by atoms with E-state index in [1.165, 1.54) is 12.8 Å². The average Bonchev–Trinajstić information content (AvgIpc) is 2.95. The molecule has 0 amide bonds. The van der Waals surface area contributed by atoms with Crippen molar-refractivity contribution in [2.24, 2.45) is 0 Å². The van der Waals surface area contributed by atoms with Gasteiger partial charge in [-0.25, -0.2) is 9.97 Å². The van der Waals surface area contributed by atoms with Gasteiger partial charge in [-0.2, -0.15) is 0 Å². The maximum absolute atomic E-state index is 9.62. The van der Waals surface area contributed by atoms with E-state index in [0.717, 1.165) is 16.2 Å². The van der Waals surface area contributed by atoms with Gasteiger partial charge in [-0.05, 0) is 42.6 Å². The Bertz CT molecular complexity index is 385. The van der Waals surface area contributed by atoms with E-state index in [9.17, 15) is 5.11 Å². The molecule has 16 heavy (non-hydrogen) atoms. The molecule has 0 aliphatic heterocycles. The van der Waals surface area contributed by atoms with Crippen LogP contribution >= 0.6 is 15.9 Å². The largest absolute Gasteiger partial charge is 0.389 e. The topological polar surface area (TPSA) is 58.0 Å². The normalized spacial score (nSPS) is 16.2. The summed E-state index contributed by atoms with van der Waals surface area (Å²) in [7, 11) is 0. The third-order valence-corrected chi connectivity index (χ3v) is 2.76. The lowest BCUT2D eigenvalue weighted by atomic mass is 10.1. The maximum atomic E-state index is 9.62. The van der Waals surface area contributed by atoms with Gasteiger partial charge < -0.3 is 10.4 Å². The van der Waals surface area contributed by atoms with Gasteiger partial charge in [0.05, 0.1) is 5.60 Å². The monoisotopic (exact) mass is 285 g/mol. The number of hydrogen-bond acceptors (Lipinski definition) is 4. The molecule has 1 aliphatic carbocycles. The molecule has 1 saturated carbocycles. The summed E-state index contributed by atoms with van der Waals surface area (Å²) in [5.74, 6) is 2.19. The van der Waals surface area contributed by atoms with Crippen molar-refractivity contribution in [2.45, 2.75) is 38.2 Å². The Labute approximate surface area is 104 Å². The lowest BCUT2D eigenvalue weighted by Gasteiger charge is -2.18. The predicted molar refractivity (Wildman–Crippen MR) is 66.5 cm³/mol. The quantitative estimate of drug-likeness (QED) is 0.834. The standard InChI is InChI=1S/C11H16BrN3O/c1-11(2,16)6-13-9-5-8(12)14-10(15-9)7-3-4-7/h5,7,16H,3-4,6H2,1-2H3,(H,13,14,15). The third-order valence-electron chi connectivity index (χ3n) is 2.36. The molecule has 0 radical (unpaired) electrons. The number of nitrogens with one attached hydrogen (secondary N) is 1. The highest BCUT2D eigenvalue weighted by Gasteiger charge is 2.27. The Balaban J connectivity index is 2.08. The van der Waals surface area contributed by atoms with E-state index in [4.69, 9.17) is 0 Å². The van der Waals surface area contributed by atoms with Crippen molar-refractivity contribution in [1.82, 2.24) is 9.97 Å². The number of aromatic nitrogens is 2. The molecule has 2 N–H and O–H groups in total. The first-order valence-electron chi connectivity index (χ1n) is 5.45. The first kappa shape index (κ1) is 11.8. The van der Waals surface area contributed by atoms with Crippen molar-refractivity contribution < 1.29 is 5.11 Å². The Kier molecular flexibility index (Phi) is 3.17. The highest BCUT2D eigenvalue weighted by atomic mass is 79.9. The van der Waals surface area contributed by atoms with Crippen molar-refractivity contribution in [3.63, 3.8) is 0 Å². The molecule has 1 aromatic heterocycles. The van der Waals surface area contributed by atoms with Crippen molar-refractivity contribution in [3.8, 4) is 0 Å². The minimum Gasteiger partial charge on any atom is -0.389 e. The van der Waals surface area contributed by atoms with Crippen molar-refractivity contribution in [3.05, 3.63) is 16.5 Å². The minimum atomic E-state index is -0.739. The summed E-state index contributed by atoms with van der Waals surface area (Å²) in [6, 6.07) is 1.83. The Morgan fingerprint density at radius 1 is 1.50 bits per heavy atom. The zero-order valence-electron chi connectivity index (χ0n) is 9.50. The van der Waals surface area contributed by atoms with Crippen LogP contribution in [-0.2, 0) is 0 Å². The van der Waals surface area contributed by atoms with Crippen LogP contribution in [0.1, 0.15) is 38.4 Å². The van der Waals surface area contributed by atoms with Gasteiger partial charge in [0.2, 0.25) is 0 Å². The van der Waals surface area contributed by atoms with Crippen molar-refractivity contribution in [1.29, 1.82) is 0 Å². The van der Waals surface area contributed by atoms with Crippen LogP contribution in [0.25, 0.3) is 0 Å². The van der Waals surface area contributed by atoms with Gasteiger partial charge in [0.1, 0.15) is 16.2 Å². The van der Waals surface area contributed by atoms with Gasteiger partial charge in [0.15, 0.2) is 0 Å². The molecule has 88 valence electrons. The van der Waals surface area contributed by atoms with Crippen LogP contribution in [-0.4, -0.2) is 27.2 Å². The molecular weight excluding hydrogens is 270 g/mol. The second kappa shape index (κ2) is 4.30. The van der Waals surface area contributed by atoms with Crippen molar-refractivity contribution in [2.75, 3.05) is 11.9 Å². The summed E-state index contributed by atoms with van der Waals surface area (Å²) in [5.41, 5.74) is -0.739. The number of anilines is 1. The zero-order chi connectivity index (χ0) is 11.8. The second-order valence-electron chi connectivity index (χ2n) is 4.87. The van der Waals surface area contributed by atoms with Gasteiger partial charge in [-0.3, -0.25) is 0 Å². The fourth-order valence-electron chi connectivity index (χ4n) is 1.36. The van der Waals surface area contributed by atoms with Crippen LogP contribution in [0.2, 0.25) is 0 Å². The van der Waals surface area contributed by atoms with E-state index in [1.54, 1.807) is 13.8 Å². The predicted octanol–water partition coefficient (Wildman–Crippen LogP) is 2.30. The van der Waals surface area contributed by atoms with Crippen LogP contribution < -0.4 is 5.32 Å². The summed E-state index contributed by atoms with van der Waals surface area (Å²) < 4.78 is 0.794. The Morgan fingerprint density at radius 3 is 2.75 bits per heavy atom. The molecule has 0 saturated heterocycles. The molecule has 0 bridgehead atoms. The molecule has 0 unspecified atom stereocenters. The summed E-state index contributed by atoms with van der Waals surface area (Å²) in [6.07, 6.45) is 2.36. The maximum Gasteiger partial charge on any atom is 0.135 e. The first-order valence-corrected chi connectivity index (χ1v) is 6.24. The molecule has 4 nitrogen and oxygen atoms in total. The molecule has 2 rings (SSSR count). The zero-order valence-corrected chi connectivity index (χ0v) is 11.1. The van der Waals surface area contributed by atoms with Crippen LogP contribution in [0.15, 0.2) is 10.7 Å². The fourth-order valence-corrected chi connectivity index (χ4v) is 1.76. The molecule has 1 aromatic rings. The van der Waals surface area contributed by atoms with E-state index in [1.807, 2.05) is 6.07 Å². The smallest absolute Gasteiger partial charge is 0.135 e.